The Morgan fingerprint density at radius 3 is 2.43 bits per heavy atom. The van der Waals surface area contributed by atoms with E-state index in [0.717, 1.165) is 36.6 Å². The first-order valence-electron chi connectivity index (χ1n) is 9.82. The Hall–Kier alpha value is -2.63. The minimum atomic E-state index is -0.509. The molecule has 1 aliphatic carbocycles. The van der Waals surface area contributed by atoms with Crippen LogP contribution in [0.2, 0.25) is 0 Å². The van der Waals surface area contributed by atoms with Crippen LogP contribution in [0.15, 0.2) is 42.6 Å². The smallest absolute Gasteiger partial charge is 0.145 e. The van der Waals surface area contributed by atoms with E-state index in [9.17, 15) is 8.78 Å². The van der Waals surface area contributed by atoms with E-state index in [1.165, 1.54) is 18.2 Å². The van der Waals surface area contributed by atoms with Crippen LogP contribution in [0.4, 0.5) is 8.78 Å². The molecule has 0 aliphatic heterocycles. The molecule has 28 heavy (non-hydrogen) atoms. The third-order valence-corrected chi connectivity index (χ3v) is 5.80. The van der Waals surface area contributed by atoms with Gasteiger partial charge in [0.15, 0.2) is 0 Å². The van der Waals surface area contributed by atoms with Gasteiger partial charge in [-0.15, -0.1) is 10.2 Å². The Kier molecular flexibility index (Phi) is 4.96. The van der Waals surface area contributed by atoms with Gasteiger partial charge in [0.2, 0.25) is 0 Å². The fourth-order valence-corrected chi connectivity index (χ4v) is 3.73. The fraction of sp³-hybridized carbons (Fsp3) is 0.409. The van der Waals surface area contributed by atoms with Crippen LogP contribution >= 0.6 is 0 Å². The van der Waals surface area contributed by atoms with Crippen molar-refractivity contribution in [2.45, 2.75) is 57.4 Å². The van der Waals surface area contributed by atoms with Crippen LogP contribution < -0.4 is 0 Å². The van der Waals surface area contributed by atoms with Crippen molar-refractivity contribution in [1.82, 2.24) is 19.7 Å². The van der Waals surface area contributed by atoms with Gasteiger partial charge < -0.3 is 4.57 Å². The molecule has 1 atom stereocenters. The van der Waals surface area contributed by atoms with E-state index < -0.39 is 17.0 Å². The predicted molar refractivity (Wildman–Crippen MR) is 103 cm³/mol. The highest BCUT2D eigenvalue weighted by Gasteiger charge is 2.38. The standard InChI is InChI=1S/C22H24F2N4/c1-3-22(2,19-9-4-5-13-25-19)21-27-26-20(15-10-11-15)28(21)14-12-16-17(23)7-6-8-18(16)24/h4-9,13,15H,3,10-12,14H2,1-2H3. The van der Waals surface area contributed by atoms with Gasteiger partial charge in [0.05, 0.1) is 11.1 Å². The molecule has 146 valence electrons. The number of hydrogen-bond donors (Lipinski definition) is 0. The molecule has 0 N–H and O–H groups in total. The van der Waals surface area contributed by atoms with Crippen molar-refractivity contribution < 1.29 is 8.78 Å². The van der Waals surface area contributed by atoms with E-state index in [1.807, 2.05) is 18.2 Å². The van der Waals surface area contributed by atoms with Crippen LogP contribution in [0.1, 0.15) is 61.9 Å². The molecular formula is C22H24F2N4. The van der Waals surface area contributed by atoms with Gasteiger partial charge in [0.25, 0.3) is 0 Å². The third-order valence-electron chi connectivity index (χ3n) is 5.80. The number of aromatic nitrogens is 4. The van der Waals surface area contributed by atoms with Crippen molar-refractivity contribution in [3.63, 3.8) is 0 Å². The topological polar surface area (TPSA) is 43.6 Å². The summed E-state index contributed by atoms with van der Waals surface area (Å²) in [6.07, 6.45) is 4.99. The first-order chi connectivity index (χ1) is 13.5. The Balaban J connectivity index is 1.73. The summed E-state index contributed by atoms with van der Waals surface area (Å²) in [4.78, 5) is 4.55. The highest BCUT2D eigenvalue weighted by Crippen LogP contribution is 2.41. The maximum Gasteiger partial charge on any atom is 0.145 e. The van der Waals surface area contributed by atoms with Crippen LogP contribution in [0.5, 0.6) is 0 Å². The summed E-state index contributed by atoms with van der Waals surface area (Å²) >= 11 is 0. The molecule has 2 heterocycles. The summed E-state index contributed by atoms with van der Waals surface area (Å²) in [5.74, 6) is 1.10. The molecule has 1 unspecified atom stereocenters. The molecule has 0 spiro atoms. The number of rotatable bonds is 7. The Morgan fingerprint density at radius 2 is 1.82 bits per heavy atom. The average molecular weight is 382 g/mol. The molecule has 0 saturated heterocycles. The van der Waals surface area contributed by atoms with Crippen LogP contribution in [0, 0.1) is 11.6 Å². The van der Waals surface area contributed by atoms with Crippen molar-refractivity contribution in [1.29, 1.82) is 0 Å². The Morgan fingerprint density at radius 1 is 1.07 bits per heavy atom. The molecule has 6 heteroatoms. The van der Waals surface area contributed by atoms with Crippen molar-refractivity contribution in [3.8, 4) is 0 Å². The fourth-order valence-electron chi connectivity index (χ4n) is 3.73. The van der Waals surface area contributed by atoms with Gasteiger partial charge in [0.1, 0.15) is 23.3 Å². The number of pyridine rings is 1. The van der Waals surface area contributed by atoms with Crippen LogP contribution in [-0.4, -0.2) is 19.7 Å². The molecule has 4 rings (SSSR count). The molecule has 0 bridgehead atoms. The highest BCUT2D eigenvalue weighted by molar-refractivity contribution is 5.28. The molecular weight excluding hydrogens is 358 g/mol. The number of benzene rings is 1. The summed E-state index contributed by atoms with van der Waals surface area (Å²) in [6, 6.07) is 9.85. The zero-order valence-electron chi connectivity index (χ0n) is 16.2. The summed E-state index contributed by atoms with van der Waals surface area (Å²) < 4.78 is 30.3. The summed E-state index contributed by atoms with van der Waals surface area (Å²) in [5, 5.41) is 9.01. The zero-order valence-corrected chi connectivity index (χ0v) is 16.2. The predicted octanol–water partition coefficient (Wildman–Crippen LogP) is 4.79. The van der Waals surface area contributed by atoms with Crippen molar-refractivity contribution in [3.05, 3.63) is 77.1 Å². The summed E-state index contributed by atoms with van der Waals surface area (Å²) in [7, 11) is 0. The van der Waals surface area contributed by atoms with Crippen molar-refractivity contribution >= 4 is 0 Å². The maximum atomic E-state index is 14.1. The minimum Gasteiger partial charge on any atom is -0.314 e. The molecule has 3 aromatic rings. The number of hydrogen-bond acceptors (Lipinski definition) is 3. The lowest BCUT2D eigenvalue weighted by Gasteiger charge is -2.27. The molecule has 1 fully saturated rings. The molecule has 4 nitrogen and oxygen atoms in total. The lowest BCUT2D eigenvalue weighted by molar-refractivity contribution is 0.454. The lowest BCUT2D eigenvalue weighted by atomic mass is 9.82. The van der Waals surface area contributed by atoms with Crippen LogP contribution in [0.25, 0.3) is 0 Å². The normalized spacial score (nSPS) is 16.1. The van der Waals surface area contributed by atoms with Gasteiger partial charge >= 0.3 is 0 Å². The first kappa shape index (κ1) is 18.7. The van der Waals surface area contributed by atoms with Gasteiger partial charge in [-0.05, 0) is 56.9 Å². The number of halogens is 2. The highest BCUT2D eigenvalue weighted by atomic mass is 19.1. The van der Waals surface area contributed by atoms with Crippen LogP contribution in [-0.2, 0) is 18.4 Å². The minimum absolute atomic E-state index is 0.111. The van der Waals surface area contributed by atoms with E-state index in [2.05, 4.69) is 33.6 Å². The first-order valence-corrected chi connectivity index (χ1v) is 9.82. The zero-order chi connectivity index (χ0) is 19.7. The van der Waals surface area contributed by atoms with Gasteiger partial charge in [-0.25, -0.2) is 8.78 Å². The second-order valence-corrected chi connectivity index (χ2v) is 7.66. The van der Waals surface area contributed by atoms with Gasteiger partial charge in [-0.1, -0.05) is 19.1 Å². The molecule has 1 aliphatic rings. The SMILES string of the molecule is CCC(C)(c1ccccn1)c1nnc(C2CC2)n1CCc1c(F)cccc1F. The van der Waals surface area contributed by atoms with Crippen molar-refractivity contribution in [2.75, 3.05) is 0 Å². The number of nitrogens with zero attached hydrogens (tertiary/aromatic N) is 4. The van der Waals surface area contributed by atoms with Gasteiger partial charge in [-0.2, -0.15) is 0 Å². The monoisotopic (exact) mass is 382 g/mol. The Bertz CT molecular complexity index is 946. The Labute approximate surface area is 163 Å². The third kappa shape index (κ3) is 3.32. The molecule has 1 saturated carbocycles. The second kappa shape index (κ2) is 7.41. The molecule has 0 amide bonds. The quantitative estimate of drug-likeness (QED) is 0.590. The molecule has 2 aromatic heterocycles. The summed E-state index contributed by atoms with van der Waals surface area (Å²) in [6.45, 7) is 4.64. The van der Waals surface area contributed by atoms with E-state index in [-0.39, 0.29) is 12.0 Å². The lowest BCUT2D eigenvalue weighted by Crippen LogP contribution is -2.29. The van der Waals surface area contributed by atoms with E-state index in [0.29, 0.717) is 12.5 Å². The summed E-state index contributed by atoms with van der Waals surface area (Å²) in [5.41, 5.74) is 0.611. The van der Waals surface area contributed by atoms with E-state index in [1.54, 1.807) is 6.20 Å². The molecule has 0 radical (unpaired) electrons. The maximum absolute atomic E-state index is 14.1. The van der Waals surface area contributed by atoms with Crippen LogP contribution in [0.3, 0.4) is 0 Å². The van der Waals surface area contributed by atoms with E-state index in [4.69, 9.17) is 0 Å². The van der Waals surface area contributed by atoms with Gasteiger partial charge in [0, 0.05) is 24.2 Å². The van der Waals surface area contributed by atoms with E-state index >= 15 is 0 Å². The molecule has 1 aromatic carbocycles. The largest absolute Gasteiger partial charge is 0.314 e. The second-order valence-electron chi connectivity index (χ2n) is 7.66. The van der Waals surface area contributed by atoms with Crippen molar-refractivity contribution in [2.24, 2.45) is 0 Å². The van der Waals surface area contributed by atoms with Gasteiger partial charge in [-0.3, -0.25) is 4.98 Å². The average Bonchev–Trinajstić information content (AvgIpc) is 3.47.